The molecule has 3 aromatic carbocycles. The van der Waals surface area contributed by atoms with Gasteiger partial charge in [-0.2, -0.15) is 0 Å². The molecule has 5 nitrogen and oxygen atoms in total. The number of ether oxygens (including phenoxy) is 1. The van der Waals surface area contributed by atoms with Gasteiger partial charge in [0.2, 0.25) is 5.91 Å². The smallest absolute Gasteiger partial charge is 0.255 e. The number of likely N-dealkylation sites (tertiary alicyclic amines) is 1. The SMILES string of the molecule is COc1ccc(C[C@@H]2C[C@@H]3NC(=O)CCCC[C@H]3N2C(=O)c2ccccc2-c2ccccc2)cc1. The number of benzene rings is 3. The summed E-state index contributed by atoms with van der Waals surface area (Å²) in [6.45, 7) is 0. The third-order valence-corrected chi connectivity index (χ3v) is 7.35. The van der Waals surface area contributed by atoms with Crippen LogP contribution in [0, 0.1) is 0 Å². The molecule has 2 aliphatic heterocycles. The van der Waals surface area contributed by atoms with E-state index in [4.69, 9.17) is 4.74 Å². The predicted octanol–water partition coefficient (Wildman–Crippen LogP) is 5.25. The van der Waals surface area contributed by atoms with Crippen LogP contribution in [0.2, 0.25) is 0 Å². The van der Waals surface area contributed by atoms with Crippen molar-refractivity contribution >= 4 is 11.8 Å². The number of rotatable bonds is 5. The van der Waals surface area contributed by atoms with Crippen LogP contribution in [-0.4, -0.2) is 41.9 Å². The molecule has 2 amide bonds. The van der Waals surface area contributed by atoms with Crippen LogP contribution in [0.4, 0.5) is 0 Å². The molecule has 0 aliphatic carbocycles. The monoisotopic (exact) mass is 468 g/mol. The summed E-state index contributed by atoms with van der Waals surface area (Å²) in [5, 5.41) is 3.24. The van der Waals surface area contributed by atoms with Gasteiger partial charge in [-0.25, -0.2) is 0 Å². The molecule has 0 spiro atoms. The number of nitrogens with zero attached hydrogens (tertiary/aromatic N) is 1. The predicted molar refractivity (Wildman–Crippen MR) is 137 cm³/mol. The minimum Gasteiger partial charge on any atom is -0.497 e. The molecule has 0 unspecified atom stereocenters. The molecular formula is C30H32N2O3. The van der Waals surface area contributed by atoms with Crippen LogP contribution in [0.3, 0.4) is 0 Å². The molecule has 0 bridgehead atoms. The molecule has 5 rings (SSSR count). The standard InChI is InChI=1S/C30H32N2O3/c1-35-24-17-15-21(16-18-24)19-23-20-27-28(13-7-8-14-29(33)31-27)32(23)30(34)26-12-6-5-11-25(26)22-9-3-2-4-10-22/h2-6,9-12,15-18,23,27-28H,7-8,13-14,19-20H2,1H3,(H,31,33)/t23-,27+,28-/m1/s1. The molecule has 3 aromatic rings. The van der Waals surface area contributed by atoms with Gasteiger partial charge in [-0.3, -0.25) is 9.59 Å². The Morgan fingerprint density at radius 2 is 1.71 bits per heavy atom. The molecule has 0 radical (unpaired) electrons. The molecule has 0 aromatic heterocycles. The van der Waals surface area contributed by atoms with Crippen LogP contribution >= 0.6 is 0 Å². The molecule has 2 aliphatic rings. The first-order valence-corrected chi connectivity index (χ1v) is 12.5. The highest BCUT2D eigenvalue weighted by molar-refractivity contribution is 6.01. The zero-order valence-corrected chi connectivity index (χ0v) is 20.2. The van der Waals surface area contributed by atoms with Gasteiger partial charge < -0.3 is 15.0 Å². The van der Waals surface area contributed by atoms with Crippen LogP contribution in [0.25, 0.3) is 11.1 Å². The first-order valence-electron chi connectivity index (χ1n) is 12.5. The van der Waals surface area contributed by atoms with Gasteiger partial charge in [0.15, 0.2) is 0 Å². The Morgan fingerprint density at radius 1 is 0.971 bits per heavy atom. The summed E-state index contributed by atoms with van der Waals surface area (Å²) in [5.74, 6) is 0.964. The maximum atomic E-state index is 14.3. The molecule has 35 heavy (non-hydrogen) atoms. The molecular weight excluding hydrogens is 436 g/mol. The van der Waals surface area contributed by atoms with Crippen molar-refractivity contribution in [3.8, 4) is 16.9 Å². The average molecular weight is 469 g/mol. The van der Waals surface area contributed by atoms with E-state index in [0.29, 0.717) is 12.0 Å². The maximum absolute atomic E-state index is 14.3. The van der Waals surface area contributed by atoms with E-state index in [2.05, 4.69) is 22.3 Å². The largest absolute Gasteiger partial charge is 0.497 e. The minimum absolute atomic E-state index is 0.00109. The van der Waals surface area contributed by atoms with E-state index in [9.17, 15) is 9.59 Å². The number of nitrogens with one attached hydrogen (secondary N) is 1. The van der Waals surface area contributed by atoms with Crippen molar-refractivity contribution in [1.82, 2.24) is 10.2 Å². The van der Waals surface area contributed by atoms with Gasteiger partial charge in [0.1, 0.15) is 5.75 Å². The molecule has 2 saturated heterocycles. The summed E-state index contributed by atoms with van der Waals surface area (Å²) in [6.07, 6.45) is 4.79. The van der Waals surface area contributed by atoms with Crippen LogP contribution in [0.5, 0.6) is 5.75 Å². The van der Waals surface area contributed by atoms with E-state index in [1.807, 2.05) is 66.7 Å². The summed E-state index contributed by atoms with van der Waals surface area (Å²) in [4.78, 5) is 28.8. The summed E-state index contributed by atoms with van der Waals surface area (Å²) in [5.41, 5.74) is 3.85. The molecule has 2 fully saturated rings. The number of fused-ring (bicyclic) bond motifs is 1. The van der Waals surface area contributed by atoms with E-state index in [1.165, 1.54) is 0 Å². The van der Waals surface area contributed by atoms with Crippen molar-refractivity contribution in [3.63, 3.8) is 0 Å². The summed E-state index contributed by atoms with van der Waals surface area (Å²) < 4.78 is 5.32. The lowest BCUT2D eigenvalue weighted by Gasteiger charge is -2.33. The van der Waals surface area contributed by atoms with E-state index in [-0.39, 0.29) is 29.9 Å². The van der Waals surface area contributed by atoms with Crippen LogP contribution < -0.4 is 10.1 Å². The van der Waals surface area contributed by atoms with Crippen molar-refractivity contribution in [2.45, 2.75) is 56.7 Å². The van der Waals surface area contributed by atoms with Gasteiger partial charge in [-0.05, 0) is 60.6 Å². The lowest BCUT2D eigenvalue weighted by Crippen LogP contribution is -2.49. The van der Waals surface area contributed by atoms with Crippen molar-refractivity contribution in [3.05, 3.63) is 90.0 Å². The fraction of sp³-hybridized carbons (Fsp3) is 0.333. The van der Waals surface area contributed by atoms with E-state index < -0.39 is 0 Å². The van der Waals surface area contributed by atoms with Crippen molar-refractivity contribution in [2.75, 3.05) is 7.11 Å². The lowest BCUT2D eigenvalue weighted by molar-refractivity contribution is -0.122. The first kappa shape index (κ1) is 23.2. The van der Waals surface area contributed by atoms with E-state index in [1.54, 1.807) is 7.11 Å². The first-order chi connectivity index (χ1) is 17.1. The normalized spacial score (nSPS) is 22.0. The van der Waals surface area contributed by atoms with Crippen LogP contribution in [0.1, 0.15) is 48.0 Å². The summed E-state index contributed by atoms with van der Waals surface area (Å²) >= 11 is 0. The Balaban J connectivity index is 1.51. The number of carbonyl (C=O) groups excluding carboxylic acids is 2. The third kappa shape index (κ3) is 4.95. The molecule has 2 heterocycles. The zero-order valence-electron chi connectivity index (χ0n) is 20.2. The van der Waals surface area contributed by atoms with Crippen molar-refractivity contribution in [2.24, 2.45) is 0 Å². The van der Waals surface area contributed by atoms with Gasteiger partial charge in [-0.1, -0.05) is 67.1 Å². The highest BCUT2D eigenvalue weighted by Crippen LogP contribution is 2.35. The number of hydrogen-bond acceptors (Lipinski definition) is 3. The summed E-state index contributed by atoms with van der Waals surface area (Å²) in [6, 6.07) is 26.0. The number of carbonyl (C=O) groups is 2. The van der Waals surface area contributed by atoms with Gasteiger partial charge >= 0.3 is 0 Å². The Morgan fingerprint density at radius 3 is 2.49 bits per heavy atom. The van der Waals surface area contributed by atoms with Crippen LogP contribution in [-0.2, 0) is 11.2 Å². The number of hydrogen-bond donors (Lipinski definition) is 1. The molecule has 180 valence electrons. The van der Waals surface area contributed by atoms with Gasteiger partial charge in [0, 0.05) is 18.0 Å². The van der Waals surface area contributed by atoms with E-state index >= 15 is 0 Å². The van der Waals surface area contributed by atoms with Gasteiger partial charge in [0.25, 0.3) is 5.91 Å². The van der Waals surface area contributed by atoms with E-state index in [0.717, 1.165) is 54.5 Å². The fourth-order valence-electron chi connectivity index (χ4n) is 5.65. The van der Waals surface area contributed by atoms with Crippen molar-refractivity contribution < 1.29 is 14.3 Å². The molecule has 1 N–H and O–H groups in total. The topological polar surface area (TPSA) is 58.6 Å². The minimum atomic E-state index is -0.0149. The highest BCUT2D eigenvalue weighted by atomic mass is 16.5. The Hall–Kier alpha value is -3.60. The number of methoxy groups -OCH3 is 1. The summed E-state index contributed by atoms with van der Waals surface area (Å²) in [7, 11) is 1.66. The Labute approximate surface area is 207 Å². The molecule has 3 atom stereocenters. The highest BCUT2D eigenvalue weighted by Gasteiger charge is 2.45. The molecule has 5 heteroatoms. The fourth-order valence-corrected chi connectivity index (χ4v) is 5.65. The second-order valence-corrected chi connectivity index (χ2v) is 9.55. The number of amides is 2. The maximum Gasteiger partial charge on any atom is 0.255 e. The van der Waals surface area contributed by atoms with Crippen molar-refractivity contribution in [1.29, 1.82) is 0 Å². The second-order valence-electron chi connectivity index (χ2n) is 9.55. The zero-order chi connectivity index (χ0) is 24.2. The van der Waals surface area contributed by atoms with Gasteiger partial charge in [0.05, 0.1) is 19.2 Å². The Kier molecular flexibility index (Phi) is 6.84. The average Bonchev–Trinajstić information content (AvgIpc) is 3.21. The quantitative estimate of drug-likeness (QED) is 0.557. The second kappa shape index (κ2) is 10.3. The molecule has 0 saturated carbocycles. The lowest BCUT2D eigenvalue weighted by atomic mass is 9.96. The van der Waals surface area contributed by atoms with Gasteiger partial charge in [-0.15, -0.1) is 0 Å². The van der Waals surface area contributed by atoms with Crippen LogP contribution in [0.15, 0.2) is 78.9 Å². The third-order valence-electron chi connectivity index (χ3n) is 7.35. The Bertz CT molecular complexity index is 1180.